The number of carbonyl (C=O) groups is 1. The lowest BCUT2D eigenvalue weighted by Crippen LogP contribution is -2.14. The second-order valence-corrected chi connectivity index (χ2v) is 8.01. The number of fused-ring (bicyclic) bond motifs is 1. The Morgan fingerprint density at radius 1 is 0.926 bits per heavy atom. The van der Waals surface area contributed by atoms with E-state index in [1.165, 1.54) is 0 Å². The first kappa shape index (κ1) is 19.3. The van der Waals surface area contributed by atoms with E-state index in [4.69, 9.17) is 9.26 Å². The third kappa shape index (κ3) is 5.76. The molecule has 0 aliphatic carbocycles. The molecule has 0 spiro atoms. The largest absolute Gasteiger partial charge is 0.464 e. The summed E-state index contributed by atoms with van der Waals surface area (Å²) in [6.45, 7) is -0.360. The summed E-state index contributed by atoms with van der Waals surface area (Å²) in [5, 5.41) is 2.25. The van der Waals surface area contributed by atoms with Crippen LogP contribution in [0.15, 0.2) is 72.8 Å². The third-order valence-electron chi connectivity index (χ3n) is 4.12. The highest BCUT2D eigenvalue weighted by Gasteiger charge is 2.22. The van der Waals surface area contributed by atoms with Crippen LogP contribution in [0.25, 0.3) is 10.8 Å². The summed E-state index contributed by atoms with van der Waals surface area (Å²) >= 11 is 0. The number of ether oxygens (including phenoxy) is 1. The van der Waals surface area contributed by atoms with Gasteiger partial charge in [-0.15, -0.1) is 0 Å². The monoisotopic (exact) mass is 384 g/mol. The van der Waals surface area contributed by atoms with Crippen LogP contribution in [0.3, 0.4) is 0 Å². The van der Waals surface area contributed by atoms with Crippen molar-refractivity contribution in [2.45, 2.75) is 12.6 Å². The smallest absolute Gasteiger partial charge is 0.333 e. The van der Waals surface area contributed by atoms with Crippen LogP contribution in [-0.4, -0.2) is 24.1 Å². The molecule has 0 amide bonds. The van der Waals surface area contributed by atoms with Gasteiger partial charge in [-0.25, -0.2) is 4.79 Å². The van der Waals surface area contributed by atoms with E-state index in [9.17, 15) is 14.3 Å². The zero-order chi connectivity index (χ0) is 19.1. The van der Waals surface area contributed by atoms with Gasteiger partial charge in [0.2, 0.25) is 0 Å². The summed E-state index contributed by atoms with van der Waals surface area (Å²) in [6, 6.07) is 22.8. The van der Waals surface area contributed by atoms with Crippen molar-refractivity contribution in [1.29, 1.82) is 0 Å². The van der Waals surface area contributed by atoms with Gasteiger partial charge >= 0.3 is 13.6 Å². The van der Waals surface area contributed by atoms with Crippen molar-refractivity contribution in [3.8, 4) is 0 Å². The molecule has 0 aliphatic heterocycles. The molecule has 3 aromatic carbocycles. The molecule has 0 aromatic heterocycles. The predicted octanol–water partition coefficient (Wildman–Crippen LogP) is 4.33. The Morgan fingerprint density at radius 2 is 1.63 bits per heavy atom. The molecule has 6 heteroatoms. The maximum Gasteiger partial charge on any atom is 0.333 e. The standard InChI is InChI=1S/C21H21O5P/c22-21(15-26-27(23,24)16-17-7-2-1-3-8-17)25-14-13-19-11-6-10-18-9-4-5-12-20(18)19/h1-12H,13-16H2,(H,23,24). The number of hydrogen-bond acceptors (Lipinski definition) is 4. The van der Waals surface area contributed by atoms with Gasteiger partial charge in [0, 0.05) is 6.42 Å². The number of rotatable bonds is 8. The van der Waals surface area contributed by atoms with Crippen molar-refractivity contribution in [1.82, 2.24) is 0 Å². The first-order valence-electron chi connectivity index (χ1n) is 8.66. The summed E-state index contributed by atoms with van der Waals surface area (Å²) < 4.78 is 22.1. The fourth-order valence-electron chi connectivity index (χ4n) is 2.84. The van der Waals surface area contributed by atoms with Crippen molar-refractivity contribution in [2.24, 2.45) is 0 Å². The van der Waals surface area contributed by atoms with Crippen LogP contribution in [0.4, 0.5) is 0 Å². The SMILES string of the molecule is O=C(COP(=O)(O)Cc1ccccc1)OCCc1cccc2ccccc12. The average molecular weight is 384 g/mol. The van der Waals surface area contributed by atoms with Crippen molar-refractivity contribution in [3.05, 3.63) is 83.9 Å². The minimum Gasteiger partial charge on any atom is -0.464 e. The molecule has 0 saturated heterocycles. The van der Waals surface area contributed by atoms with Gasteiger partial charge in [0.25, 0.3) is 0 Å². The minimum atomic E-state index is -3.89. The molecule has 0 radical (unpaired) electrons. The highest BCUT2D eigenvalue weighted by molar-refractivity contribution is 7.52. The molecule has 0 aliphatic rings. The number of hydrogen-bond donors (Lipinski definition) is 1. The molecule has 140 valence electrons. The van der Waals surface area contributed by atoms with Crippen LogP contribution in [0.5, 0.6) is 0 Å². The van der Waals surface area contributed by atoms with E-state index in [2.05, 4.69) is 0 Å². The summed E-state index contributed by atoms with van der Waals surface area (Å²) in [4.78, 5) is 21.7. The minimum absolute atomic E-state index is 0.142. The first-order chi connectivity index (χ1) is 13.0. The fourth-order valence-corrected chi connectivity index (χ4v) is 3.91. The van der Waals surface area contributed by atoms with E-state index in [1.54, 1.807) is 24.3 Å². The van der Waals surface area contributed by atoms with Crippen molar-refractivity contribution in [2.75, 3.05) is 13.2 Å². The van der Waals surface area contributed by atoms with Gasteiger partial charge in [-0.05, 0) is 21.9 Å². The zero-order valence-corrected chi connectivity index (χ0v) is 15.7. The van der Waals surface area contributed by atoms with Crippen LogP contribution in [0.2, 0.25) is 0 Å². The number of esters is 1. The van der Waals surface area contributed by atoms with Crippen LogP contribution < -0.4 is 0 Å². The van der Waals surface area contributed by atoms with Crippen LogP contribution >= 0.6 is 7.60 Å². The second kappa shape index (κ2) is 8.96. The van der Waals surface area contributed by atoms with E-state index in [1.807, 2.05) is 48.5 Å². The van der Waals surface area contributed by atoms with Gasteiger partial charge in [0.1, 0.15) is 0 Å². The van der Waals surface area contributed by atoms with E-state index in [0.29, 0.717) is 12.0 Å². The van der Waals surface area contributed by atoms with Crippen LogP contribution in [0, 0.1) is 0 Å². The molecular formula is C21H21O5P. The summed E-state index contributed by atoms with van der Waals surface area (Å²) in [6.07, 6.45) is 0.422. The van der Waals surface area contributed by atoms with Gasteiger partial charge in [0.05, 0.1) is 12.8 Å². The lowest BCUT2D eigenvalue weighted by molar-refractivity contribution is -0.146. The third-order valence-corrected chi connectivity index (χ3v) is 5.42. The molecule has 3 rings (SSSR count). The van der Waals surface area contributed by atoms with Crippen molar-refractivity contribution in [3.63, 3.8) is 0 Å². The van der Waals surface area contributed by atoms with Gasteiger partial charge in [-0.2, -0.15) is 0 Å². The highest BCUT2D eigenvalue weighted by Crippen LogP contribution is 2.45. The van der Waals surface area contributed by atoms with E-state index < -0.39 is 20.2 Å². The topological polar surface area (TPSA) is 72.8 Å². The van der Waals surface area contributed by atoms with Crippen LogP contribution in [-0.2, 0) is 31.2 Å². The van der Waals surface area contributed by atoms with Gasteiger partial charge in [-0.3, -0.25) is 9.09 Å². The molecule has 0 saturated carbocycles. The quantitative estimate of drug-likeness (QED) is 0.462. The molecule has 0 heterocycles. The molecule has 1 unspecified atom stereocenters. The van der Waals surface area contributed by atoms with Crippen molar-refractivity contribution < 1.29 is 23.5 Å². The molecule has 1 N–H and O–H groups in total. The predicted molar refractivity (Wildman–Crippen MR) is 105 cm³/mol. The Balaban J connectivity index is 1.46. The first-order valence-corrected chi connectivity index (χ1v) is 10.4. The maximum atomic E-state index is 12.1. The fraction of sp³-hybridized carbons (Fsp3) is 0.190. The Bertz CT molecular complexity index is 950. The number of benzene rings is 3. The molecular weight excluding hydrogens is 363 g/mol. The second-order valence-electron chi connectivity index (χ2n) is 6.16. The Morgan fingerprint density at radius 3 is 2.44 bits per heavy atom. The Labute approximate surface area is 158 Å². The Kier molecular flexibility index (Phi) is 6.40. The lowest BCUT2D eigenvalue weighted by atomic mass is 10.0. The summed E-state index contributed by atoms with van der Waals surface area (Å²) in [5.74, 6) is -0.655. The molecule has 5 nitrogen and oxygen atoms in total. The normalized spacial score (nSPS) is 13.2. The lowest BCUT2D eigenvalue weighted by Gasteiger charge is -2.12. The van der Waals surface area contributed by atoms with Crippen molar-refractivity contribution >= 4 is 24.3 Å². The average Bonchev–Trinajstić information content (AvgIpc) is 2.67. The summed E-state index contributed by atoms with van der Waals surface area (Å²) in [7, 11) is -3.89. The Hall–Kier alpha value is -2.46. The number of carbonyl (C=O) groups excluding carboxylic acids is 1. The molecule has 3 aromatic rings. The van der Waals surface area contributed by atoms with Gasteiger partial charge in [0.15, 0.2) is 6.61 Å². The van der Waals surface area contributed by atoms with Crippen LogP contribution in [0.1, 0.15) is 11.1 Å². The van der Waals surface area contributed by atoms with E-state index in [-0.39, 0.29) is 12.8 Å². The maximum absolute atomic E-state index is 12.1. The van der Waals surface area contributed by atoms with Gasteiger partial charge < -0.3 is 9.63 Å². The zero-order valence-electron chi connectivity index (χ0n) is 14.8. The molecule has 1 atom stereocenters. The molecule has 0 fully saturated rings. The highest BCUT2D eigenvalue weighted by atomic mass is 31.2. The molecule has 27 heavy (non-hydrogen) atoms. The van der Waals surface area contributed by atoms with E-state index >= 15 is 0 Å². The van der Waals surface area contributed by atoms with E-state index in [0.717, 1.165) is 16.3 Å². The summed E-state index contributed by atoms with van der Waals surface area (Å²) in [5.41, 5.74) is 1.76. The van der Waals surface area contributed by atoms with Gasteiger partial charge in [-0.1, -0.05) is 72.8 Å². The molecule has 0 bridgehead atoms.